The molecule has 0 spiro atoms. The van der Waals surface area contributed by atoms with Crippen LogP contribution in [0.25, 0.3) is 0 Å². The Kier molecular flexibility index (Phi) is 1.91. The molecular weight excluding hydrogens is 276 g/mol. The Hall–Kier alpha value is -2.20. The van der Waals surface area contributed by atoms with Crippen LogP contribution in [0.4, 0.5) is 0 Å². The topological polar surface area (TPSA) is 81.7 Å². The fourth-order valence-corrected chi connectivity index (χ4v) is 6.20. The average Bonchev–Trinajstić information content (AvgIpc) is 3.29. The number of hydrogen-bond acceptors (Lipinski definition) is 4. The molecule has 5 aliphatic rings. The molecule has 3 saturated carbocycles. The van der Waals surface area contributed by atoms with E-state index in [2.05, 4.69) is 12.1 Å². The molecule has 4 nitrogen and oxygen atoms in total. The molecule has 4 heteroatoms. The Balaban J connectivity index is 1.82. The molecule has 0 radical (unpaired) electrons. The summed E-state index contributed by atoms with van der Waals surface area (Å²) in [6.45, 7) is 0. The van der Waals surface area contributed by atoms with Crippen LogP contribution in [-0.4, -0.2) is 11.6 Å². The van der Waals surface area contributed by atoms with E-state index < -0.39 is 10.8 Å². The molecule has 5 aliphatic carbocycles. The van der Waals surface area contributed by atoms with Gasteiger partial charge >= 0.3 is 0 Å². The smallest absolute Gasteiger partial charge is 0.160 e. The SMILES string of the molecule is N#C[C@@]12C(=O)[C@H]3[C@H](C(=O)[C@]1(C#N)[C@H]1C=C[C@H]2C1)[C@H]1C=C[C@H]3C1. The number of allylic oxidation sites excluding steroid dienone is 4. The molecule has 0 amide bonds. The summed E-state index contributed by atoms with van der Waals surface area (Å²) in [6, 6.07) is 4.37. The summed E-state index contributed by atoms with van der Waals surface area (Å²) in [6.07, 6.45) is 9.24. The van der Waals surface area contributed by atoms with Crippen molar-refractivity contribution >= 4 is 11.6 Å². The van der Waals surface area contributed by atoms with E-state index in [-0.39, 0.29) is 47.1 Å². The van der Waals surface area contributed by atoms with E-state index >= 15 is 0 Å². The highest BCUT2D eigenvalue weighted by Gasteiger charge is 2.80. The second-order valence-electron chi connectivity index (χ2n) is 7.40. The van der Waals surface area contributed by atoms with Gasteiger partial charge in [0.05, 0.1) is 12.1 Å². The summed E-state index contributed by atoms with van der Waals surface area (Å²) in [5, 5.41) is 19.8. The van der Waals surface area contributed by atoms with Crippen LogP contribution in [0.5, 0.6) is 0 Å². The molecule has 0 unspecified atom stereocenters. The largest absolute Gasteiger partial charge is 0.297 e. The molecule has 0 aliphatic heterocycles. The van der Waals surface area contributed by atoms with Gasteiger partial charge in [-0.2, -0.15) is 10.5 Å². The Morgan fingerprint density at radius 3 is 1.68 bits per heavy atom. The van der Waals surface area contributed by atoms with Gasteiger partial charge in [-0.3, -0.25) is 9.59 Å². The quantitative estimate of drug-likeness (QED) is 0.637. The van der Waals surface area contributed by atoms with Crippen molar-refractivity contribution in [3.63, 3.8) is 0 Å². The van der Waals surface area contributed by atoms with E-state index in [1.807, 2.05) is 24.3 Å². The molecule has 0 aromatic heterocycles. The van der Waals surface area contributed by atoms with Crippen molar-refractivity contribution in [1.82, 2.24) is 0 Å². The third-order valence-corrected chi connectivity index (χ3v) is 7.01. The van der Waals surface area contributed by atoms with Crippen LogP contribution in [-0.2, 0) is 9.59 Å². The first-order valence-electron chi connectivity index (χ1n) is 7.89. The summed E-state index contributed by atoms with van der Waals surface area (Å²) in [7, 11) is 0. The first-order valence-corrected chi connectivity index (χ1v) is 7.89. The molecule has 0 heterocycles. The Bertz CT molecular complexity index is 720. The van der Waals surface area contributed by atoms with Crippen molar-refractivity contribution < 1.29 is 9.59 Å². The highest BCUT2D eigenvalue weighted by atomic mass is 16.1. The minimum Gasteiger partial charge on any atom is -0.297 e. The second kappa shape index (κ2) is 3.41. The minimum absolute atomic E-state index is 0.0801. The van der Waals surface area contributed by atoms with Crippen molar-refractivity contribution in [2.24, 2.45) is 46.3 Å². The van der Waals surface area contributed by atoms with Crippen LogP contribution in [0.15, 0.2) is 24.3 Å². The maximum absolute atomic E-state index is 13.3. The summed E-state index contributed by atoms with van der Waals surface area (Å²) in [4.78, 5) is 26.7. The fourth-order valence-electron chi connectivity index (χ4n) is 6.20. The van der Waals surface area contributed by atoms with Gasteiger partial charge in [0.1, 0.15) is 10.8 Å². The monoisotopic (exact) mass is 290 g/mol. The predicted octanol–water partition coefficient (Wildman–Crippen LogP) is 1.80. The molecule has 4 bridgehead atoms. The van der Waals surface area contributed by atoms with E-state index in [0.717, 1.165) is 6.42 Å². The minimum atomic E-state index is -1.45. The third-order valence-electron chi connectivity index (χ3n) is 7.01. The average molecular weight is 290 g/mol. The Morgan fingerprint density at radius 1 is 0.818 bits per heavy atom. The lowest BCUT2D eigenvalue weighted by Crippen LogP contribution is -2.63. The first kappa shape index (κ1) is 12.4. The highest BCUT2D eigenvalue weighted by molar-refractivity contribution is 6.10. The van der Waals surface area contributed by atoms with Crippen LogP contribution in [0, 0.1) is 69.0 Å². The van der Waals surface area contributed by atoms with E-state index in [0.29, 0.717) is 6.42 Å². The van der Waals surface area contributed by atoms with Gasteiger partial charge in [0.15, 0.2) is 11.6 Å². The summed E-state index contributed by atoms with van der Waals surface area (Å²) < 4.78 is 0. The van der Waals surface area contributed by atoms with Crippen molar-refractivity contribution in [3.05, 3.63) is 24.3 Å². The number of hydrogen-bond donors (Lipinski definition) is 0. The van der Waals surface area contributed by atoms with E-state index in [9.17, 15) is 20.1 Å². The number of carbonyl (C=O) groups is 2. The second-order valence-corrected chi connectivity index (χ2v) is 7.40. The molecule has 5 rings (SSSR count). The maximum atomic E-state index is 13.3. The summed E-state index contributed by atoms with van der Waals surface area (Å²) in [5.74, 6) is -1.41. The molecule has 8 atom stereocenters. The van der Waals surface area contributed by atoms with Gasteiger partial charge in [-0.1, -0.05) is 24.3 Å². The van der Waals surface area contributed by atoms with Crippen LogP contribution >= 0.6 is 0 Å². The maximum Gasteiger partial charge on any atom is 0.160 e. The molecule has 3 fully saturated rings. The van der Waals surface area contributed by atoms with E-state index in [4.69, 9.17) is 0 Å². The number of nitriles is 2. The standard InChI is InChI=1S/C18H14N2O2/c19-7-17-11-3-4-12(6-11)18(17,8-20)16(22)14-10-2-1-9(5-10)13(14)15(17)21/h1-4,9-14H,5-6H2/t9-,10-,11-,12-,13+,14+,17-,18+/m0/s1. The number of Topliss-reactive ketones (excluding diaryl/α,β-unsaturated/α-hetero) is 2. The number of ketones is 2. The van der Waals surface area contributed by atoms with Gasteiger partial charge in [0.2, 0.25) is 0 Å². The van der Waals surface area contributed by atoms with Gasteiger partial charge in [0, 0.05) is 23.7 Å². The van der Waals surface area contributed by atoms with Crippen LogP contribution in [0.1, 0.15) is 12.8 Å². The summed E-state index contributed by atoms with van der Waals surface area (Å²) >= 11 is 0. The zero-order valence-electron chi connectivity index (χ0n) is 11.9. The lowest BCUT2D eigenvalue weighted by atomic mass is 9.46. The molecule has 0 aromatic rings. The third kappa shape index (κ3) is 0.898. The number of rotatable bonds is 0. The zero-order valence-corrected chi connectivity index (χ0v) is 11.9. The normalized spacial score (nSPS) is 55.9. The molecule has 0 N–H and O–H groups in total. The summed E-state index contributed by atoms with van der Waals surface area (Å²) in [5.41, 5.74) is -2.89. The first-order chi connectivity index (χ1) is 10.6. The highest BCUT2D eigenvalue weighted by Crippen LogP contribution is 2.71. The lowest BCUT2D eigenvalue weighted by molar-refractivity contribution is -0.158. The van der Waals surface area contributed by atoms with Gasteiger partial charge in [-0.05, 0) is 24.7 Å². The van der Waals surface area contributed by atoms with Crippen LogP contribution in [0.2, 0.25) is 0 Å². The van der Waals surface area contributed by atoms with E-state index in [1.165, 1.54) is 0 Å². The van der Waals surface area contributed by atoms with Crippen molar-refractivity contribution in [1.29, 1.82) is 10.5 Å². The number of nitrogens with zero attached hydrogens (tertiary/aromatic N) is 2. The molecular formula is C18H14N2O2. The van der Waals surface area contributed by atoms with Gasteiger partial charge in [-0.15, -0.1) is 0 Å². The predicted molar refractivity (Wildman–Crippen MR) is 74.6 cm³/mol. The van der Waals surface area contributed by atoms with Gasteiger partial charge in [-0.25, -0.2) is 0 Å². The van der Waals surface area contributed by atoms with E-state index in [1.54, 1.807) is 0 Å². The fraction of sp³-hybridized carbons (Fsp3) is 0.556. The molecule has 108 valence electrons. The Labute approximate surface area is 128 Å². The molecule has 0 saturated heterocycles. The van der Waals surface area contributed by atoms with Crippen LogP contribution < -0.4 is 0 Å². The zero-order chi connectivity index (χ0) is 15.3. The number of carbonyl (C=O) groups excluding carboxylic acids is 2. The van der Waals surface area contributed by atoms with Gasteiger partial charge in [0.25, 0.3) is 0 Å². The van der Waals surface area contributed by atoms with Crippen molar-refractivity contribution in [2.75, 3.05) is 0 Å². The van der Waals surface area contributed by atoms with Gasteiger partial charge < -0.3 is 0 Å². The Morgan fingerprint density at radius 2 is 1.27 bits per heavy atom. The van der Waals surface area contributed by atoms with Crippen molar-refractivity contribution in [2.45, 2.75) is 12.8 Å². The lowest BCUT2D eigenvalue weighted by Gasteiger charge is -2.49. The van der Waals surface area contributed by atoms with Crippen LogP contribution in [0.3, 0.4) is 0 Å². The molecule has 22 heavy (non-hydrogen) atoms. The number of fused-ring (bicyclic) bond motifs is 10. The van der Waals surface area contributed by atoms with Crippen molar-refractivity contribution in [3.8, 4) is 12.1 Å². The molecule has 0 aromatic carbocycles.